The van der Waals surface area contributed by atoms with Crippen molar-refractivity contribution in [3.8, 4) is 11.8 Å². The molecule has 152 valence electrons. The average Bonchev–Trinajstić information content (AvgIpc) is 2.71. The highest BCUT2D eigenvalue weighted by Gasteiger charge is 2.40. The molecule has 6 heteroatoms. The minimum atomic E-state index is -0.957. The van der Waals surface area contributed by atoms with Crippen LogP contribution in [-0.4, -0.2) is 42.1 Å². The fourth-order valence-electron chi connectivity index (χ4n) is 3.37. The van der Waals surface area contributed by atoms with Gasteiger partial charge in [0.25, 0.3) is 5.91 Å². The lowest BCUT2D eigenvalue weighted by Gasteiger charge is -2.39. The zero-order valence-corrected chi connectivity index (χ0v) is 17.2. The molecule has 28 heavy (non-hydrogen) atoms. The van der Waals surface area contributed by atoms with Crippen LogP contribution in [0.1, 0.15) is 63.2 Å². The average molecular weight is 386 g/mol. The van der Waals surface area contributed by atoms with E-state index in [2.05, 4.69) is 19.9 Å². The molecule has 0 unspecified atom stereocenters. The lowest BCUT2D eigenvalue weighted by Crippen LogP contribution is -2.53. The predicted octanol–water partition coefficient (Wildman–Crippen LogP) is 3.95. The number of hydrogen-bond acceptors (Lipinski definition) is 5. The van der Waals surface area contributed by atoms with Crippen molar-refractivity contribution in [3.63, 3.8) is 0 Å². The van der Waals surface area contributed by atoms with Crippen molar-refractivity contribution in [1.29, 1.82) is 5.26 Å². The fraction of sp³-hybridized carbons (Fsp3) is 0.591. The van der Waals surface area contributed by atoms with Gasteiger partial charge in [-0.1, -0.05) is 33.1 Å². The lowest BCUT2D eigenvalue weighted by atomic mass is 9.81. The van der Waals surface area contributed by atoms with Gasteiger partial charge in [0, 0.05) is 7.05 Å². The van der Waals surface area contributed by atoms with Crippen LogP contribution in [0.15, 0.2) is 24.3 Å². The first kappa shape index (κ1) is 21.7. The topological polar surface area (TPSA) is 79.6 Å². The second-order valence-electron chi connectivity index (χ2n) is 7.88. The molecule has 6 nitrogen and oxygen atoms in total. The second kappa shape index (κ2) is 9.59. The van der Waals surface area contributed by atoms with Crippen molar-refractivity contribution >= 4 is 11.9 Å². The molecule has 2 rings (SSSR count). The molecule has 1 amide bonds. The molecular formula is C22H30N2O4. The number of esters is 1. The molecule has 0 heterocycles. The van der Waals surface area contributed by atoms with Crippen LogP contribution in [0.4, 0.5) is 0 Å². The molecule has 0 radical (unpaired) electrons. The van der Waals surface area contributed by atoms with E-state index in [0.717, 1.165) is 19.3 Å². The molecule has 1 aromatic carbocycles. The smallest absolute Gasteiger partial charge is 0.338 e. The number of likely N-dealkylation sites (N-methyl/N-ethyl adjacent to an activating group) is 1. The Kier molecular flexibility index (Phi) is 7.45. The summed E-state index contributed by atoms with van der Waals surface area (Å²) < 4.78 is 11.0. The van der Waals surface area contributed by atoms with Gasteiger partial charge in [-0.05, 0) is 49.9 Å². The van der Waals surface area contributed by atoms with E-state index in [1.165, 1.54) is 4.90 Å². The number of nitrogens with zero attached hydrogens (tertiary/aromatic N) is 2. The van der Waals surface area contributed by atoms with Gasteiger partial charge in [0.1, 0.15) is 11.3 Å². The van der Waals surface area contributed by atoms with Crippen LogP contribution in [0.3, 0.4) is 0 Å². The molecule has 1 saturated carbocycles. The van der Waals surface area contributed by atoms with Crippen LogP contribution in [0, 0.1) is 17.2 Å². The van der Waals surface area contributed by atoms with Crippen molar-refractivity contribution in [3.05, 3.63) is 29.8 Å². The van der Waals surface area contributed by atoms with Crippen molar-refractivity contribution in [1.82, 2.24) is 4.90 Å². The first-order chi connectivity index (χ1) is 13.3. The maximum atomic E-state index is 12.8. The third-order valence-electron chi connectivity index (χ3n) is 5.17. The number of ether oxygens (including phenoxy) is 2. The summed E-state index contributed by atoms with van der Waals surface area (Å²) in [7, 11) is 1.63. The molecule has 0 N–H and O–H groups in total. The standard InChI is InChI=1S/C22H30N2O4/c1-16(2)14-27-19-10-8-18(9-11-19)21(26)28-17(3)20(25)24(4)22(15-23)12-6-5-7-13-22/h8-11,16-17H,5-7,12-14H2,1-4H3/t17-/m1/s1. The van der Waals surface area contributed by atoms with E-state index in [1.807, 2.05) is 0 Å². The van der Waals surface area contributed by atoms with Gasteiger partial charge in [-0.3, -0.25) is 4.79 Å². The van der Waals surface area contributed by atoms with Gasteiger partial charge in [0.15, 0.2) is 6.10 Å². The maximum absolute atomic E-state index is 12.8. The van der Waals surface area contributed by atoms with Crippen LogP contribution in [-0.2, 0) is 9.53 Å². The van der Waals surface area contributed by atoms with Gasteiger partial charge in [0.2, 0.25) is 0 Å². The van der Waals surface area contributed by atoms with Crippen LogP contribution < -0.4 is 4.74 Å². The minimum Gasteiger partial charge on any atom is -0.493 e. The molecule has 0 aromatic heterocycles. The predicted molar refractivity (Wildman–Crippen MR) is 106 cm³/mol. The minimum absolute atomic E-state index is 0.353. The van der Waals surface area contributed by atoms with Gasteiger partial charge in [-0.25, -0.2) is 4.79 Å². The second-order valence-corrected chi connectivity index (χ2v) is 7.88. The summed E-state index contributed by atoms with van der Waals surface area (Å²) in [4.78, 5) is 26.6. The quantitative estimate of drug-likeness (QED) is 0.663. The van der Waals surface area contributed by atoms with Gasteiger partial charge < -0.3 is 14.4 Å². The summed E-state index contributed by atoms with van der Waals surface area (Å²) in [5.41, 5.74) is -0.447. The van der Waals surface area contributed by atoms with Gasteiger partial charge in [0.05, 0.1) is 18.2 Å². The van der Waals surface area contributed by atoms with Crippen molar-refractivity contribution < 1.29 is 19.1 Å². The van der Waals surface area contributed by atoms with Gasteiger partial charge in [-0.2, -0.15) is 5.26 Å². The molecule has 1 aliphatic rings. The Bertz CT molecular complexity index is 715. The third-order valence-corrected chi connectivity index (χ3v) is 5.17. The molecular weight excluding hydrogens is 356 g/mol. The molecule has 0 aliphatic heterocycles. The van der Waals surface area contributed by atoms with Crippen LogP contribution >= 0.6 is 0 Å². The molecule has 1 aromatic rings. The molecule has 0 spiro atoms. The molecule has 1 fully saturated rings. The SMILES string of the molecule is CC(C)COc1ccc(C(=O)O[C@H](C)C(=O)N(C)C2(C#N)CCCCC2)cc1. The summed E-state index contributed by atoms with van der Waals surface area (Å²) in [6.07, 6.45) is 3.28. The van der Waals surface area contributed by atoms with Crippen LogP contribution in [0.2, 0.25) is 0 Å². The van der Waals surface area contributed by atoms with E-state index in [4.69, 9.17) is 9.47 Å². The summed E-state index contributed by atoms with van der Waals surface area (Å²) in [5, 5.41) is 9.64. The van der Waals surface area contributed by atoms with Gasteiger partial charge >= 0.3 is 5.97 Å². The monoisotopic (exact) mass is 386 g/mol. The first-order valence-corrected chi connectivity index (χ1v) is 9.92. The zero-order valence-electron chi connectivity index (χ0n) is 17.2. The molecule has 1 aliphatic carbocycles. The Morgan fingerprint density at radius 1 is 1.14 bits per heavy atom. The zero-order chi connectivity index (χ0) is 20.7. The maximum Gasteiger partial charge on any atom is 0.338 e. The highest BCUT2D eigenvalue weighted by atomic mass is 16.5. The van der Waals surface area contributed by atoms with E-state index in [1.54, 1.807) is 38.2 Å². The summed E-state index contributed by atoms with van der Waals surface area (Å²) in [6.45, 7) is 6.27. The first-order valence-electron chi connectivity index (χ1n) is 9.92. The summed E-state index contributed by atoms with van der Waals surface area (Å²) in [6, 6.07) is 8.98. The van der Waals surface area contributed by atoms with Crippen molar-refractivity contribution in [2.45, 2.75) is 64.5 Å². The van der Waals surface area contributed by atoms with E-state index in [0.29, 0.717) is 36.7 Å². The van der Waals surface area contributed by atoms with Crippen LogP contribution in [0.5, 0.6) is 5.75 Å². The van der Waals surface area contributed by atoms with Crippen LogP contribution in [0.25, 0.3) is 0 Å². The number of nitriles is 1. The fourth-order valence-corrected chi connectivity index (χ4v) is 3.37. The van der Waals surface area contributed by atoms with E-state index < -0.39 is 17.6 Å². The molecule has 0 saturated heterocycles. The largest absolute Gasteiger partial charge is 0.493 e. The lowest BCUT2D eigenvalue weighted by molar-refractivity contribution is -0.143. The number of carbonyl (C=O) groups excluding carboxylic acids is 2. The highest BCUT2D eigenvalue weighted by Crippen LogP contribution is 2.33. The number of amides is 1. The number of benzene rings is 1. The van der Waals surface area contributed by atoms with Gasteiger partial charge in [-0.15, -0.1) is 0 Å². The number of rotatable bonds is 7. The van der Waals surface area contributed by atoms with Crippen molar-refractivity contribution in [2.24, 2.45) is 5.92 Å². The summed E-state index contributed by atoms with van der Waals surface area (Å²) >= 11 is 0. The normalized spacial score (nSPS) is 16.7. The van der Waals surface area contributed by atoms with Crippen molar-refractivity contribution in [2.75, 3.05) is 13.7 Å². The number of hydrogen-bond donors (Lipinski definition) is 0. The van der Waals surface area contributed by atoms with E-state index >= 15 is 0 Å². The molecule has 0 bridgehead atoms. The number of carbonyl (C=O) groups is 2. The Hall–Kier alpha value is -2.55. The Balaban J connectivity index is 1.97. The Labute approximate surface area is 167 Å². The Morgan fingerprint density at radius 2 is 1.75 bits per heavy atom. The molecule has 1 atom stereocenters. The van der Waals surface area contributed by atoms with E-state index in [9.17, 15) is 14.9 Å². The Morgan fingerprint density at radius 3 is 2.29 bits per heavy atom. The van der Waals surface area contributed by atoms with E-state index in [-0.39, 0.29) is 5.91 Å². The third kappa shape index (κ3) is 5.25. The highest BCUT2D eigenvalue weighted by molar-refractivity contribution is 5.92. The summed E-state index contributed by atoms with van der Waals surface area (Å²) in [5.74, 6) is 0.171.